The molecule has 2 heterocycles. The first kappa shape index (κ1) is 24.2. The zero-order valence-electron chi connectivity index (χ0n) is 17.7. The lowest BCUT2D eigenvalue weighted by Gasteiger charge is -2.26. The second kappa shape index (κ2) is 11.4. The summed E-state index contributed by atoms with van der Waals surface area (Å²) in [6.45, 7) is 4.95. The van der Waals surface area contributed by atoms with Gasteiger partial charge in [-0.25, -0.2) is 4.68 Å². The monoisotopic (exact) mass is 479 g/mol. The Morgan fingerprint density at radius 1 is 1.09 bits per heavy atom. The second-order valence-electron chi connectivity index (χ2n) is 7.17. The summed E-state index contributed by atoms with van der Waals surface area (Å²) in [5, 5.41) is 5.38. The maximum atomic E-state index is 9.19. The van der Waals surface area contributed by atoms with E-state index in [9.17, 15) is 8.42 Å². The summed E-state index contributed by atoms with van der Waals surface area (Å²) in [5.74, 6) is 0.643. The van der Waals surface area contributed by atoms with E-state index >= 15 is 0 Å². The highest BCUT2D eigenvalue weighted by Gasteiger charge is 2.15. The van der Waals surface area contributed by atoms with Gasteiger partial charge in [0, 0.05) is 30.9 Å². The van der Waals surface area contributed by atoms with Crippen LogP contribution in [0.4, 0.5) is 0 Å². The quantitative estimate of drug-likeness (QED) is 0.541. The molecule has 172 valence electrons. The van der Waals surface area contributed by atoms with Crippen molar-refractivity contribution in [3.63, 3.8) is 0 Å². The summed E-state index contributed by atoms with van der Waals surface area (Å²) in [5.41, 5.74) is 3.01. The molecule has 0 unspecified atom stereocenters. The summed E-state index contributed by atoms with van der Waals surface area (Å²) >= 11 is 6.01. The van der Waals surface area contributed by atoms with Crippen molar-refractivity contribution >= 4 is 21.7 Å². The molecule has 0 bridgehead atoms. The first-order valence-electron chi connectivity index (χ1n) is 10.1. The fraction of sp³-hybridized carbons (Fsp3) is 0.318. The van der Waals surface area contributed by atoms with Crippen molar-refractivity contribution in [3.05, 3.63) is 65.8 Å². The van der Waals surface area contributed by atoms with Gasteiger partial charge in [-0.3, -0.25) is 9.45 Å². The summed E-state index contributed by atoms with van der Waals surface area (Å²) in [6, 6.07) is 17.8. The van der Waals surface area contributed by atoms with Crippen LogP contribution in [0.25, 0.3) is 16.8 Å². The standard InChI is InChI=1S/C21H22ClN3O2.CH4O3S/c22-18-6-8-19(9-7-18)25-16-20(17-4-2-1-3-5-17)21(23-25)27-15-12-24-10-13-26-14-11-24;1-5(2,3)4/h1-9,16H,10-15H2;1H3,(H,2,3,4). The highest BCUT2D eigenvalue weighted by Crippen LogP contribution is 2.30. The number of halogens is 1. The van der Waals surface area contributed by atoms with Crippen molar-refractivity contribution in [2.24, 2.45) is 0 Å². The molecule has 4 rings (SSSR count). The van der Waals surface area contributed by atoms with E-state index in [0.29, 0.717) is 23.8 Å². The molecular weight excluding hydrogens is 454 g/mol. The molecule has 1 aromatic heterocycles. The van der Waals surface area contributed by atoms with Crippen LogP contribution in [0, 0.1) is 0 Å². The lowest BCUT2D eigenvalue weighted by Crippen LogP contribution is -2.38. The van der Waals surface area contributed by atoms with Crippen molar-refractivity contribution in [2.75, 3.05) is 45.7 Å². The van der Waals surface area contributed by atoms with Crippen LogP contribution in [-0.4, -0.2) is 73.4 Å². The normalized spacial score (nSPS) is 14.5. The third-order valence-electron chi connectivity index (χ3n) is 4.61. The van der Waals surface area contributed by atoms with E-state index in [1.165, 1.54) is 0 Å². The van der Waals surface area contributed by atoms with Crippen LogP contribution in [0.2, 0.25) is 5.02 Å². The van der Waals surface area contributed by atoms with E-state index in [1.54, 1.807) is 0 Å². The Balaban J connectivity index is 0.000000523. The Morgan fingerprint density at radius 3 is 2.34 bits per heavy atom. The lowest BCUT2D eigenvalue weighted by atomic mass is 10.1. The number of hydrogen-bond acceptors (Lipinski definition) is 6. The van der Waals surface area contributed by atoms with E-state index in [2.05, 4.69) is 22.1 Å². The molecule has 1 aliphatic rings. The number of benzene rings is 2. The highest BCUT2D eigenvalue weighted by molar-refractivity contribution is 7.85. The lowest BCUT2D eigenvalue weighted by molar-refractivity contribution is 0.0320. The van der Waals surface area contributed by atoms with Gasteiger partial charge < -0.3 is 9.47 Å². The molecule has 0 atom stereocenters. The van der Waals surface area contributed by atoms with Gasteiger partial charge in [-0.2, -0.15) is 8.42 Å². The summed E-state index contributed by atoms with van der Waals surface area (Å²) in [4.78, 5) is 2.35. The van der Waals surface area contributed by atoms with Gasteiger partial charge in [-0.15, -0.1) is 5.10 Å². The molecule has 0 amide bonds. The Bertz CT molecular complexity index is 1070. The minimum atomic E-state index is -3.67. The van der Waals surface area contributed by atoms with Gasteiger partial charge in [0.05, 0.1) is 30.7 Å². The second-order valence-corrected chi connectivity index (χ2v) is 9.07. The molecule has 2 aromatic carbocycles. The van der Waals surface area contributed by atoms with Crippen LogP contribution >= 0.6 is 11.6 Å². The predicted molar refractivity (Wildman–Crippen MR) is 124 cm³/mol. The fourth-order valence-electron chi connectivity index (χ4n) is 3.10. The predicted octanol–water partition coefficient (Wildman–Crippen LogP) is 3.41. The third kappa shape index (κ3) is 7.92. The average Bonchev–Trinajstić information content (AvgIpc) is 3.19. The van der Waals surface area contributed by atoms with Gasteiger partial charge in [-0.05, 0) is 29.8 Å². The molecule has 1 N–H and O–H groups in total. The van der Waals surface area contributed by atoms with Crippen molar-refractivity contribution < 1.29 is 22.4 Å². The fourth-order valence-corrected chi connectivity index (χ4v) is 3.23. The average molecular weight is 480 g/mol. The smallest absolute Gasteiger partial charge is 0.261 e. The summed E-state index contributed by atoms with van der Waals surface area (Å²) in [7, 11) is -3.67. The van der Waals surface area contributed by atoms with Gasteiger partial charge in [0.2, 0.25) is 5.88 Å². The minimum absolute atomic E-state index is 0.595. The Labute approximate surface area is 193 Å². The molecule has 0 saturated carbocycles. The van der Waals surface area contributed by atoms with E-state index in [0.717, 1.165) is 49.7 Å². The third-order valence-corrected chi connectivity index (χ3v) is 4.86. The van der Waals surface area contributed by atoms with Gasteiger partial charge in [-0.1, -0.05) is 41.9 Å². The van der Waals surface area contributed by atoms with E-state index in [1.807, 2.05) is 53.3 Å². The molecule has 0 spiro atoms. The van der Waals surface area contributed by atoms with E-state index in [-0.39, 0.29) is 0 Å². The molecule has 32 heavy (non-hydrogen) atoms. The maximum absolute atomic E-state index is 9.19. The first-order valence-corrected chi connectivity index (χ1v) is 12.3. The van der Waals surface area contributed by atoms with Crippen LogP contribution in [0.3, 0.4) is 0 Å². The molecule has 1 saturated heterocycles. The minimum Gasteiger partial charge on any atom is -0.475 e. The summed E-state index contributed by atoms with van der Waals surface area (Å²) < 4.78 is 39.2. The van der Waals surface area contributed by atoms with Crippen LogP contribution < -0.4 is 4.74 Å². The molecular formula is C22H26ClN3O5S. The number of ether oxygens (including phenoxy) is 2. The molecule has 1 aliphatic heterocycles. The van der Waals surface area contributed by atoms with Gasteiger partial charge >= 0.3 is 0 Å². The SMILES string of the molecule is CS(=O)(=O)O.Clc1ccc(-n2cc(-c3ccccc3)c(OCCN3CCOCC3)n2)cc1. The zero-order chi connectivity index (χ0) is 23.0. The van der Waals surface area contributed by atoms with Crippen molar-refractivity contribution in [2.45, 2.75) is 0 Å². The van der Waals surface area contributed by atoms with Crippen molar-refractivity contribution in [1.82, 2.24) is 14.7 Å². The number of hydrogen-bond donors (Lipinski definition) is 1. The van der Waals surface area contributed by atoms with E-state index in [4.69, 9.17) is 25.6 Å². The zero-order valence-corrected chi connectivity index (χ0v) is 19.3. The Hall–Kier alpha value is -2.43. The molecule has 10 heteroatoms. The summed E-state index contributed by atoms with van der Waals surface area (Å²) in [6.07, 6.45) is 2.72. The number of aromatic nitrogens is 2. The Morgan fingerprint density at radius 2 is 1.72 bits per heavy atom. The number of morpholine rings is 1. The number of rotatable bonds is 6. The van der Waals surface area contributed by atoms with Crippen LogP contribution in [0.1, 0.15) is 0 Å². The molecule has 8 nitrogen and oxygen atoms in total. The molecule has 0 radical (unpaired) electrons. The molecule has 0 aliphatic carbocycles. The van der Waals surface area contributed by atoms with Gasteiger partial charge in [0.25, 0.3) is 10.1 Å². The Kier molecular flexibility index (Phi) is 8.66. The largest absolute Gasteiger partial charge is 0.475 e. The maximum Gasteiger partial charge on any atom is 0.261 e. The van der Waals surface area contributed by atoms with Crippen molar-refractivity contribution in [1.29, 1.82) is 0 Å². The van der Waals surface area contributed by atoms with Gasteiger partial charge in [0.1, 0.15) is 6.61 Å². The topological polar surface area (TPSA) is 93.9 Å². The first-order chi connectivity index (χ1) is 15.3. The molecule has 3 aromatic rings. The number of nitrogens with zero attached hydrogens (tertiary/aromatic N) is 3. The highest BCUT2D eigenvalue weighted by atomic mass is 35.5. The van der Waals surface area contributed by atoms with Crippen LogP contribution in [-0.2, 0) is 14.9 Å². The van der Waals surface area contributed by atoms with E-state index < -0.39 is 10.1 Å². The van der Waals surface area contributed by atoms with Crippen LogP contribution in [0.5, 0.6) is 5.88 Å². The van der Waals surface area contributed by atoms with Crippen molar-refractivity contribution in [3.8, 4) is 22.7 Å². The van der Waals surface area contributed by atoms with Gasteiger partial charge in [0.15, 0.2) is 0 Å². The van der Waals surface area contributed by atoms with Crippen LogP contribution in [0.15, 0.2) is 60.8 Å². The molecule has 1 fully saturated rings.